The van der Waals surface area contributed by atoms with E-state index in [-0.39, 0.29) is 10.7 Å². The molecule has 26 heavy (non-hydrogen) atoms. The second-order valence-electron chi connectivity index (χ2n) is 5.53. The molecule has 2 aromatic carbocycles. The topological polar surface area (TPSA) is 84.0 Å². The molecular weight excluding hydrogens is 372 g/mol. The van der Waals surface area contributed by atoms with E-state index < -0.39 is 10.0 Å². The number of aromatic nitrogens is 2. The van der Waals surface area contributed by atoms with Crippen molar-refractivity contribution in [3.05, 3.63) is 77.3 Å². The summed E-state index contributed by atoms with van der Waals surface area (Å²) < 4.78 is 26.9. The van der Waals surface area contributed by atoms with Crippen molar-refractivity contribution in [2.45, 2.75) is 11.3 Å². The fraction of sp³-hybridized carbons (Fsp3) is 0.111. The second-order valence-corrected chi connectivity index (χ2v) is 7.64. The smallest absolute Gasteiger partial charge is 0.263 e. The first-order valence-electron chi connectivity index (χ1n) is 7.93. The van der Waals surface area contributed by atoms with Gasteiger partial charge in [0.15, 0.2) is 5.82 Å². The Balaban J connectivity index is 1.56. The molecule has 0 spiro atoms. The number of halogens is 1. The van der Waals surface area contributed by atoms with E-state index in [1.807, 2.05) is 24.3 Å². The molecule has 6 nitrogen and oxygen atoms in total. The van der Waals surface area contributed by atoms with Crippen LogP contribution >= 0.6 is 11.6 Å². The van der Waals surface area contributed by atoms with Crippen LogP contribution in [0.15, 0.2) is 71.6 Å². The molecule has 1 aromatic heterocycles. The molecule has 8 heteroatoms. The van der Waals surface area contributed by atoms with Gasteiger partial charge in [0, 0.05) is 11.6 Å². The highest BCUT2D eigenvalue weighted by molar-refractivity contribution is 7.92. The van der Waals surface area contributed by atoms with Crippen LogP contribution in [-0.4, -0.2) is 25.2 Å². The lowest BCUT2D eigenvalue weighted by Crippen LogP contribution is -2.14. The minimum absolute atomic E-state index is 0.164. The van der Waals surface area contributed by atoms with Crippen LogP contribution in [0, 0.1) is 0 Å². The first kappa shape index (κ1) is 18.2. The van der Waals surface area contributed by atoms with Gasteiger partial charge in [-0.25, -0.2) is 8.42 Å². The Morgan fingerprint density at radius 2 is 1.50 bits per heavy atom. The van der Waals surface area contributed by atoms with Gasteiger partial charge in [-0.1, -0.05) is 41.9 Å². The highest BCUT2D eigenvalue weighted by atomic mass is 35.5. The van der Waals surface area contributed by atoms with Gasteiger partial charge in [-0.3, -0.25) is 4.72 Å². The Labute approximate surface area is 157 Å². The molecule has 1 heterocycles. The van der Waals surface area contributed by atoms with Crippen LogP contribution in [0.2, 0.25) is 5.02 Å². The zero-order valence-corrected chi connectivity index (χ0v) is 15.3. The Morgan fingerprint density at radius 3 is 2.15 bits per heavy atom. The molecule has 0 radical (unpaired) electrons. The summed E-state index contributed by atoms with van der Waals surface area (Å²) in [6.45, 7) is 0.672. The Hall–Kier alpha value is -2.64. The first-order valence-corrected chi connectivity index (χ1v) is 9.79. The molecule has 0 amide bonds. The molecule has 0 atom stereocenters. The van der Waals surface area contributed by atoms with Crippen LogP contribution < -0.4 is 10.0 Å². The maximum atomic E-state index is 12.2. The molecule has 0 unspecified atom stereocenters. The minimum Gasteiger partial charge on any atom is -0.368 e. The number of nitrogens with one attached hydrogen (secondary N) is 2. The number of hydrogen-bond acceptors (Lipinski definition) is 5. The van der Waals surface area contributed by atoms with Crippen LogP contribution in [0.4, 0.5) is 11.6 Å². The third-order valence-corrected chi connectivity index (χ3v) is 5.21. The number of rotatable bonds is 7. The quantitative estimate of drug-likeness (QED) is 0.646. The molecule has 0 aliphatic rings. The fourth-order valence-electron chi connectivity index (χ4n) is 2.26. The van der Waals surface area contributed by atoms with Crippen molar-refractivity contribution in [3.8, 4) is 0 Å². The van der Waals surface area contributed by atoms with E-state index in [0.29, 0.717) is 17.4 Å². The summed E-state index contributed by atoms with van der Waals surface area (Å²) in [6, 6.07) is 19.0. The van der Waals surface area contributed by atoms with E-state index in [2.05, 4.69) is 20.2 Å². The molecule has 134 valence electrons. The SMILES string of the molecule is O=S(=O)(Nc1ccc(NCCc2ccc(Cl)cc2)nn1)c1ccccc1. The average Bonchev–Trinajstić information content (AvgIpc) is 2.65. The van der Waals surface area contributed by atoms with Crippen LogP contribution in [-0.2, 0) is 16.4 Å². The van der Waals surface area contributed by atoms with Crippen molar-refractivity contribution in [3.63, 3.8) is 0 Å². The van der Waals surface area contributed by atoms with Gasteiger partial charge in [-0.2, -0.15) is 0 Å². The third kappa shape index (κ3) is 4.93. The molecule has 0 bridgehead atoms. The summed E-state index contributed by atoms with van der Waals surface area (Å²) in [5.41, 5.74) is 1.15. The molecule has 3 rings (SSSR count). The monoisotopic (exact) mass is 388 g/mol. The van der Waals surface area contributed by atoms with Crippen molar-refractivity contribution in [2.75, 3.05) is 16.6 Å². The number of hydrogen-bond donors (Lipinski definition) is 2. The standard InChI is InChI=1S/C18H17ClN4O2S/c19-15-8-6-14(7-9-15)12-13-20-17-10-11-18(22-21-17)23-26(24,25)16-4-2-1-3-5-16/h1-11H,12-13H2,(H,20,21)(H,22,23). The minimum atomic E-state index is -3.67. The van der Waals surface area contributed by atoms with Crippen LogP contribution in [0.25, 0.3) is 0 Å². The van der Waals surface area contributed by atoms with E-state index >= 15 is 0 Å². The molecule has 0 aliphatic carbocycles. The molecule has 3 aromatic rings. The van der Waals surface area contributed by atoms with E-state index in [1.54, 1.807) is 30.3 Å². The maximum Gasteiger partial charge on any atom is 0.263 e. The summed E-state index contributed by atoms with van der Waals surface area (Å²) in [4.78, 5) is 0.173. The van der Waals surface area contributed by atoms with E-state index in [4.69, 9.17) is 11.6 Å². The number of benzene rings is 2. The summed E-state index contributed by atoms with van der Waals surface area (Å²) in [5, 5.41) is 11.8. The van der Waals surface area contributed by atoms with Gasteiger partial charge >= 0.3 is 0 Å². The summed E-state index contributed by atoms with van der Waals surface area (Å²) in [5.74, 6) is 0.735. The molecular formula is C18H17ClN4O2S. The van der Waals surface area contributed by atoms with Gasteiger partial charge < -0.3 is 5.32 Å². The number of anilines is 2. The van der Waals surface area contributed by atoms with Gasteiger partial charge in [0.25, 0.3) is 10.0 Å². The molecule has 0 aliphatic heterocycles. The molecule has 2 N–H and O–H groups in total. The van der Waals surface area contributed by atoms with Crippen molar-refractivity contribution < 1.29 is 8.42 Å². The average molecular weight is 389 g/mol. The zero-order chi connectivity index (χ0) is 18.4. The maximum absolute atomic E-state index is 12.2. The van der Waals surface area contributed by atoms with Crippen molar-refractivity contribution in [1.29, 1.82) is 0 Å². The van der Waals surface area contributed by atoms with Gasteiger partial charge in [0.2, 0.25) is 0 Å². The Bertz CT molecular complexity index is 947. The predicted molar refractivity (Wildman–Crippen MR) is 103 cm³/mol. The fourth-order valence-corrected chi connectivity index (χ4v) is 3.41. The highest BCUT2D eigenvalue weighted by Gasteiger charge is 2.14. The predicted octanol–water partition coefficient (Wildman–Crippen LogP) is 3.59. The van der Waals surface area contributed by atoms with E-state index in [9.17, 15) is 8.42 Å². The second kappa shape index (κ2) is 8.16. The Kier molecular flexibility index (Phi) is 5.70. The lowest BCUT2D eigenvalue weighted by molar-refractivity contribution is 0.601. The van der Waals surface area contributed by atoms with Crippen LogP contribution in [0.5, 0.6) is 0 Å². The summed E-state index contributed by atoms with van der Waals surface area (Å²) >= 11 is 5.86. The largest absolute Gasteiger partial charge is 0.368 e. The van der Waals surface area contributed by atoms with Crippen molar-refractivity contribution in [2.24, 2.45) is 0 Å². The van der Waals surface area contributed by atoms with Gasteiger partial charge in [0.05, 0.1) is 4.90 Å². The van der Waals surface area contributed by atoms with Crippen molar-refractivity contribution >= 4 is 33.3 Å². The molecule has 0 saturated heterocycles. The Morgan fingerprint density at radius 1 is 0.846 bits per heavy atom. The molecule has 0 fully saturated rings. The summed E-state index contributed by atoms with van der Waals surface area (Å²) in [6.07, 6.45) is 0.807. The highest BCUT2D eigenvalue weighted by Crippen LogP contribution is 2.14. The van der Waals surface area contributed by atoms with Crippen LogP contribution in [0.1, 0.15) is 5.56 Å². The van der Waals surface area contributed by atoms with Crippen LogP contribution in [0.3, 0.4) is 0 Å². The molecule has 0 saturated carbocycles. The first-order chi connectivity index (χ1) is 12.5. The summed E-state index contributed by atoms with van der Waals surface area (Å²) in [7, 11) is -3.67. The van der Waals surface area contributed by atoms with E-state index in [0.717, 1.165) is 12.0 Å². The zero-order valence-electron chi connectivity index (χ0n) is 13.8. The van der Waals surface area contributed by atoms with E-state index in [1.165, 1.54) is 12.1 Å². The third-order valence-electron chi connectivity index (χ3n) is 3.59. The van der Waals surface area contributed by atoms with Crippen molar-refractivity contribution in [1.82, 2.24) is 10.2 Å². The number of sulfonamides is 1. The lowest BCUT2D eigenvalue weighted by atomic mass is 10.1. The van der Waals surface area contributed by atoms with Gasteiger partial charge in [-0.05, 0) is 48.4 Å². The van der Waals surface area contributed by atoms with Gasteiger partial charge in [-0.15, -0.1) is 10.2 Å². The lowest BCUT2D eigenvalue weighted by Gasteiger charge is -2.08. The number of nitrogens with zero attached hydrogens (tertiary/aromatic N) is 2. The van der Waals surface area contributed by atoms with Gasteiger partial charge in [0.1, 0.15) is 5.82 Å². The normalized spacial score (nSPS) is 11.1.